The number of hydrogen-bond acceptors (Lipinski definition) is 1. The Morgan fingerprint density at radius 3 is 2.11 bits per heavy atom. The SMILES string of the molecule is c1ccccc2c(ccc1)ccc1cccnc12. The van der Waals surface area contributed by atoms with Gasteiger partial charge in [-0.2, -0.15) is 0 Å². The van der Waals surface area contributed by atoms with Gasteiger partial charge in [0.2, 0.25) is 0 Å². The van der Waals surface area contributed by atoms with Crippen LogP contribution in [0.2, 0.25) is 0 Å². The third-order valence-corrected chi connectivity index (χ3v) is 2.94. The highest BCUT2D eigenvalue weighted by Crippen LogP contribution is 2.21. The van der Waals surface area contributed by atoms with Gasteiger partial charge in [0.15, 0.2) is 0 Å². The first-order valence-electron chi connectivity index (χ1n) is 6.01. The highest BCUT2D eigenvalue weighted by Gasteiger charge is 1.97. The zero-order chi connectivity index (χ0) is 12.2. The molecule has 3 rings (SSSR count). The van der Waals surface area contributed by atoms with Crippen molar-refractivity contribution in [1.82, 2.24) is 4.98 Å². The standard InChI is InChI=1S/C17H13N/c1-2-4-6-10-16-14(8-5-3-1)11-12-15-9-7-13-18-17(15)16/h1-13H. The Hall–Kier alpha value is -2.41. The fourth-order valence-electron chi connectivity index (χ4n) is 2.07. The minimum absolute atomic E-state index is 1.05. The Labute approximate surface area is 106 Å². The predicted octanol–water partition coefficient (Wildman–Crippen LogP) is 4.51. The zero-order valence-corrected chi connectivity index (χ0v) is 9.95. The lowest BCUT2D eigenvalue weighted by Crippen LogP contribution is -1.78. The molecule has 1 heterocycles. The summed E-state index contributed by atoms with van der Waals surface area (Å²) in [4.78, 5) is 4.49. The molecule has 0 atom stereocenters. The van der Waals surface area contributed by atoms with Gasteiger partial charge in [-0.25, -0.2) is 0 Å². The Morgan fingerprint density at radius 1 is 0.556 bits per heavy atom. The summed E-state index contributed by atoms with van der Waals surface area (Å²) in [5.41, 5.74) is 1.05. The van der Waals surface area contributed by atoms with E-state index in [2.05, 4.69) is 47.4 Å². The highest BCUT2D eigenvalue weighted by molar-refractivity contribution is 6.04. The number of fused-ring (bicyclic) bond motifs is 3. The molecule has 1 aromatic heterocycles. The molecule has 1 heteroatoms. The molecule has 0 saturated carbocycles. The minimum Gasteiger partial charge on any atom is -0.256 e. The van der Waals surface area contributed by atoms with Gasteiger partial charge in [0.25, 0.3) is 0 Å². The summed E-state index contributed by atoms with van der Waals surface area (Å²) >= 11 is 0. The topological polar surface area (TPSA) is 12.9 Å². The number of rotatable bonds is 0. The van der Waals surface area contributed by atoms with Gasteiger partial charge in [0, 0.05) is 17.0 Å². The van der Waals surface area contributed by atoms with Crippen LogP contribution in [0.4, 0.5) is 0 Å². The van der Waals surface area contributed by atoms with Crippen molar-refractivity contribution in [3.63, 3.8) is 0 Å². The lowest BCUT2D eigenvalue weighted by Gasteiger charge is -2.00. The smallest absolute Gasteiger partial charge is 0.0780 e. The first kappa shape index (κ1) is 10.7. The normalized spacial score (nSPS) is 10.2. The van der Waals surface area contributed by atoms with Crippen LogP contribution >= 0.6 is 0 Å². The van der Waals surface area contributed by atoms with Crippen molar-refractivity contribution in [2.75, 3.05) is 0 Å². The summed E-state index contributed by atoms with van der Waals surface area (Å²) in [6, 6.07) is 24.7. The average molecular weight is 231 g/mol. The molecule has 0 amide bonds. The lowest BCUT2D eigenvalue weighted by atomic mass is 10.1. The van der Waals surface area contributed by atoms with Crippen LogP contribution in [-0.4, -0.2) is 4.98 Å². The van der Waals surface area contributed by atoms with Crippen molar-refractivity contribution in [2.45, 2.75) is 0 Å². The van der Waals surface area contributed by atoms with E-state index >= 15 is 0 Å². The van der Waals surface area contributed by atoms with Crippen molar-refractivity contribution in [3.8, 4) is 0 Å². The van der Waals surface area contributed by atoms with E-state index in [1.165, 1.54) is 16.2 Å². The van der Waals surface area contributed by atoms with Crippen LogP contribution in [-0.2, 0) is 0 Å². The molecule has 0 aliphatic carbocycles. The molecule has 0 saturated heterocycles. The minimum atomic E-state index is 1.05. The molecule has 0 radical (unpaired) electrons. The highest BCUT2D eigenvalue weighted by atomic mass is 14.6. The molecule has 0 aliphatic rings. The second-order valence-electron chi connectivity index (χ2n) is 4.13. The fourth-order valence-corrected chi connectivity index (χ4v) is 2.07. The van der Waals surface area contributed by atoms with E-state index in [9.17, 15) is 0 Å². The second kappa shape index (κ2) is 4.84. The molecule has 0 spiro atoms. The van der Waals surface area contributed by atoms with Gasteiger partial charge in [-0.1, -0.05) is 66.7 Å². The molecule has 0 aliphatic heterocycles. The zero-order valence-electron chi connectivity index (χ0n) is 9.95. The molecule has 1 nitrogen and oxygen atoms in total. The molecular formula is C17H13N. The van der Waals surface area contributed by atoms with E-state index in [1.54, 1.807) is 0 Å². The van der Waals surface area contributed by atoms with Crippen molar-refractivity contribution in [3.05, 3.63) is 79.0 Å². The van der Waals surface area contributed by atoms with Gasteiger partial charge in [0.05, 0.1) is 5.52 Å². The molecular weight excluding hydrogens is 218 g/mol. The van der Waals surface area contributed by atoms with Crippen LogP contribution in [0.25, 0.3) is 21.7 Å². The van der Waals surface area contributed by atoms with E-state index in [-0.39, 0.29) is 0 Å². The first-order chi connectivity index (χ1) is 8.95. The monoisotopic (exact) mass is 231 g/mol. The molecule has 18 heavy (non-hydrogen) atoms. The van der Waals surface area contributed by atoms with Crippen LogP contribution in [0.3, 0.4) is 0 Å². The maximum absolute atomic E-state index is 4.49. The number of hydrogen-bond donors (Lipinski definition) is 0. The molecule has 0 unspecified atom stereocenters. The van der Waals surface area contributed by atoms with E-state index in [1.807, 2.05) is 36.5 Å². The molecule has 3 aromatic rings. The third kappa shape index (κ3) is 2.03. The van der Waals surface area contributed by atoms with Gasteiger partial charge >= 0.3 is 0 Å². The Morgan fingerprint density at radius 2 is 1.22 bits per heavy atom. The molecule has 86 valence electrons. The summed E-state index contributed by atoms with van der Waals surface area (Å²) < 4.78 is 0. The van der Waals surface area contributed by atoms with Crippen LogP contribution in [0.15, 0.2) is 79.0 Å². The van der Waals surface area contributed by atoms with Crippen LogP contribution < -0.4 is 0 Å². The van der Waals surface area contributed by atoms with Crippen LogP contribution in [0.1, 0.15) is 0 Å². The Bertz CT molecular complexity index is 740. The Kier molecular flexibility index (Phi) is 2.89. The van der Waals surface area contributed by atoms with Crippen molar-refractivity contribution < 1.29 is 0 Å². The fraction of sp³-hybridized carbons (Fsp3) is 0. The van der Waals surface area contributed by atoms with E-state index in [0.29, 0.717) is 0 Å². The van der Waals surface area contributed by atoms with Crippen LogP contribution in [0, 0.1) is 0 Å². The van der Waals surface area contributed by atoms with Crippen LogP contribution in [0.5, 0.6) is 0 Å². The number of aromatic nitrogens is 1. The third-order valence-electron chi connectivity index (χ3n) is 2.94. The van der Waals surface area contributed by atoms with Gasteiger partial charge in [-0.05, 0) is 11.5 Å². The van der Waals surface area contributed by atoms with Crippen molar-refractivity contribution >= 4 is 21.7 Å². The molecule has 0 N–H and O–H groups in total. The summed E-state index contributed by atoms with van der Waals surface area (Å²) in [5, 5.41) is 3.53. The summed E-state index contributed by atoms with van der Waals surface area (Å²) in [6.07, 6.45) is 1.84. The number of benzene rings is 1. The molecule has 0 bridgehead atoms. The largest absolute Gasteiger partial charge is 0.256 e. The van der Waals surface area contributed by atoms with Gasteiger partial charge in [0.1, 0.15) is 0 Å². The van der Waals surface area contributed by atoms with Crippen molar-refractivity contribution in [2.24, 2.45) is 0 Å². The maximum Gasteiger partial charge on any atom is 0.0780 e. The van der Waals surface area contributed by atoms with Crippen molar-refractivity contribution in [1.29, 1.82) is 0 Å². The number of pyridine rings is 1. The Balaban J connectivity index is 2.50. The summed E-state index contributed by atoms with van der Waals surface area (Å²) in [7, 11) is 0. The predicted molar refractivity (Wildman–Crippen MR) is 76.9 cm³/mol. The van der Waals surface area contributed by atoms with E-state index < -0.39 is 0 Å². The molecule has 2 aromatic carbocycles. The summed E-state index contributed by atoms with van der Waals surface area (Å²) in [5.74, 6) is 0. The van der Waals surface area contributed by atoms with Gasteiger partial charge in [-0.3, -0.25) is 4.98 Å². The first-order valence-corrected chi connectivity index (χ1v) is 6.01. The molecule has 0 fully saturated rings. The summed E-state index contributed by atoms with van der Waals surface area (Å²) in [6.45, 7) is 0. The number of nitrogens with zero attached hydrogens (tertiary/aromatic N) is 1. The van der Waals surface area contributed by atoms with E-state index in [4.69, 9.17) is 0 Å². The van der Waals surface area contributed by atoms with Gasteiger partial charge in [-0.15, -0.1) is 0 Å². The average Bonchev–Trinajstić information content (AvgIpc) is 2.44. The van der Waals surface area contributed by atoms with Gasteiger partial charge < -0.3 is 0 Å². The van der Waals surface area contributed by atoms with E-state index in [0.717, 1.165) is 5.52 Å². The quantitative estimate of drug-likeness (QED) is 0.554. The maximum atomic E-state index is 4.49. The second-order valence-corrected chi connectivity index (χ2v) is 4.13. The lowest BCUT2D eigenvalue weighted by molar-refractivity contribution is 1.43.